The van der Waals surface area contributed by atoms with Gasteiger partial charge in [0, 0.05) is 86.6 Å². The van der Waals surface area contributed by atoms with Crippen LogP contribution in [0.4, 0.5) is 25.1 Å². The minimum atomic E-state index is -1.04. The van der Waals surface area contributed by atoms with Crippen molar-refractivity contribution in [2.75, 3.05) is 62.7 Å². The van der Waals surface area contributed by atoms with Gasteiger partial charge >= 0.3 is 12.1 Å². The average molecular weight is 1020 g/mol. The number of carbonyl (C=O) groups excluding carboxylic acids is 5. The molecule has 17 nitrogen and oxygen atoms in total. The third-order valence-corrected chi connectivity index (χ3v) is 16.5. The predicted molar refractivity (Wildman–Crippen MR) is 274 cm³/mol. The fraction of sp³-hybridized carbons (Fsp3) is 0.429. The number of amides is 5. The molecule has 386 valence electrons. The summed E-state index contributed by atoms with van der Waals surface area (Å²) < 4.78 is 44.9. The first-order valence-corrected chi connectivity index (χ1v) is 26.0. The number of fused-ring (bicyclic) bond motifs is 6. The van der Waals surface area contributed by atoms with E-state index >= 15 is 8.78 Å². The van der Waals surface area contributed by atoms with Gasteiger partial charge < -0.3 is 29.9 Å². The zero-order valence-corrected chi connectivity index (χ0v) is 41.3. The zero-order valence-electron chi connectivity index (χ0n) is 41.3. The summed E-state index contributed by atoms with van der Waals surface area (Å²) in [7, 11) is 0. The summed E-state index contributed by atoms with van der Waals surface area (Å²) in [4.78, 5) is 86.2. The van der Waals surface area contributed by atoms with Gasteiger partial charge in [-0.3, -0.25) is 39.3 Å². The molecule has 12 rings (SSSR count). The van der Waals surface area contributed by atoms with Gasteiger partial charge in [-0.2, -0.15) is 9.97 Å². The van der Waals surface area contributed by atoms with Crippen LogP contribution in [0.2, 0.25) is 0 Å². The summed E-state index contributed by atoms with van der Waals surface area (Å²) in [5, 5.41) is 10.7. The molecule has 9 heterocycles. The average Bonchev–Trinajstić information content (AvgIpc) is 4.23. The van der Waals surface area contributed by atoms with Crippen molar-refractivity contribution in [1.82, 2.24) is 40.3 Å². The molecule has 5 aromatic rings. The number of piperazine rings is 1. The normalized spacial score (nSPS) is 25.3. The van der Waals surface area contributed by atoms with E-state index in [4.69, 9.17) is 25.9 Å². The molecule has 3 N–H and O–H groups in total. The van der Waals surface area contributed by atoms with E-state index in [9.17, 15) is 24.0 Å². The van der Waals surface area contributed by atoms with Crippen molar-refractivity contribution in [2.45, 2.75) is 93.9 Å². The summed E-state index contributed by atoms with van der Waals surface area (Å²) in [5.74, 6) is -0.216. The highest BCUT2D eigenvalue weighted by Crippen LogP contribution is 2.45. The molecule has 7 aliphatic rings. The van der Waals surface area contributed by atoms with E-state index in [1.807, 2.05) is 0 Å². The number of imide groups is 2. The van der Waals surface area contributed by atoms with E-state index in [1.165, 1.54) is 6.07 Å². The van der Waals surface area contributed by atoms with Gasteiger partial charge in [0.05, 0.1) is 27.6 Å². The molecule has 75 heavy (non-hydrogen) atoms. The number of likely N-dealkylation sites (tertiary alicyclic amines) is 1. The van der Waals surface area contributed by atoms with E-state index in [0.29, 0.717) is 78.9 Å². The Morgan fingerprint density at radius 2 is 1.77 bits per heavy atom. The van der Waals surface area contributed by atoms with Crippen molar-refractivity contribution in [2.24, 2.45) is 5.92 Å². The number of hydrogen-bond acceptors (Lipinski definition) is 14. The Morgan fingerprint density at radius 3 is 2.59 bits per heavy atom. The molecule has 0 radical (unpaired) electrons. The van der Waals surface area contributed by atoms with Crippen LogP contribution in [0.3, 0.4) is 0 Å². The van der Waals surface area contributed by atoms with Crippen LogP contribution in [0.1, 0.15) is 90.5 Å². The highest BCUT2D eigenvalue weighted by atomic mass is 19.1. The standard InChI is InChI=1S/C56H56F2N10O7/c1-3-37-41(57)15-12-33-8-4-9-38(45(33)37)48-47(58)49-40(24-60-48)50(66-27-34-13-14-35(28-66)61-34)64-54(63-49)75-30-56-20-18-36(67(56)25-31(2)23-56)29-74-55(73)65-22-19-32(26-65)7-6-21-59-42-11-5-10-39-46(42)53(72)68(52(39)71)43-16-17-44(69)62-51(43)70/h1,4-5,8-12,15,24,32,34-36,43,59,61H,2,6-7,13-14,16-23,25-30H2,(H,62,69,70)/t32?,34?,35?,36-,43?,56-/m0/s1. The van der Waals surface area contributed by atoms with Crippen molar-refractivity contribution < 1.29 is 42.2 Å². The zero-order chi connectivity index (χ0) is 51.7. The molecule has 6 fully saturated rings. The lowest BCUT2D eigenvalue weighted by atomic mass is 9.94. The Balaban J connectivity index is 0.687. The van der Waals surface area contributed by atoms with Crippen LogP contribution >= 0.6 is 0 Å². The third kappa shape index (κ3) is 8.66. The van der Waals surface area contributed by atoms with Gasteiger partial charge in [0.25, 0.3) is 11.8 Å². The summed E-state index contributed by atoms with van der Waals surface area (Å²) in [5.41, 5.74) is 1.93. The third-order valence-electron chi connectivity index (χ3n) is 16.5. The SMILES string of the molecule is C#Cc1c(F)ccc2cccc(-c3ncc4c(N5CC6CCC(C5)N6)nc(OC[C@@]56CC[C@@H](COC(=O)N7CCC(CCCNc8cccc9c8C(=O)N(C8CCC(=O)NC8=O)C9=O)C7)N5CC(=C)C6)nc4c3F)c12. The second kappa shape index (κ2) is 19.3. The van der Waals surface area contributed by atoms with Gasteiger partial charge in [0.2, 0.25) is 11.8 Å². The number of nitrogens with zero attached hydrogens (tertiary/aromatic N) is 7. The van der Waals surface area contributed by atoms with Crippen molar-refractivity contribution in [3.63, 3.8) is 0 Å². The van der Waals surface area contributed by atoms with Crippen LogP contribution < -0.4 is 25.6 Å². The first-order valence-electron chi connectivity index (χ1n) is 26.0. The first-order chi connectivity index (χ1) is 36.4. The quantitative estimate of drug-likeness (QED) is 0.0513. The summed E-state index contributed by atoms with van der Waals surface area (Å²) >= 11 is 0. The number of carbonyl (C=O) groups is 5. The van der Waals surface area contributed by atoms with Crippen LogP contribution in [0.5, 0.6) is 6.01 Å². The number of halogens is 2. The molecule has 2 bridgehead atoms. The number of aromatic nitrogens is 3. The first kappa shape index (κ1) is 48.4. The van der Waals surface area contributed by atoms with E-state index in [2.05, 4.69) is 43.2 Å². The molecule has 0 saturated carbocycles. The highest BCUT2D eigenvalue weighted by molar-refractivity contribution is 6.25. The Morgan fingerprint density at radius 1 is 0.960 bits per heavy atom. The highest BCUT2D eigenvalue weighted by Gasteiger charge is 2.52. The maximum Gasteiger partial charge on any atom is 0.409 e. The van der Waals surface area contributed by atoms with Gasteiger partial charge in [0.1, 0.15) is 42.1 Å². The number of pyridine rings is 1. The van der Waals surface area contributed by atoms with E-state index in [-0.39, 0.29) is 90.1 Å². The molecule has 6 atom stereocenters. The Hall–Kier alpha value is -7.56. The lowest BCUT2D eigenvalue weighted by Gasteiger charge is -2.35. The smallest absolute Gasteiger partial charge is 0.409 e. The summed E-state index contributed by atoms with van der Waals surface area (Å²) in [6, 6.07) is 12.6. The van der Waals surface area contributed by atoms with Crippen LogP contribution in [0, 0.1) is 29.9 Å². The minimum Gasteiger partial charge on any atom is -0.461 e. The number of terminal acetylenes is 1. The van der Waals surface area contributed by atoms with Gasteiger partial charge in [-0.15, -0.1) is 6.42 Å². The molecule has 0 aliphatic carbocycles. The molecule has 4 unspecified atom stereocenters. The monoisotopic (exact) mass is 1020 g/mol. The molecule has 2 aromatic heterocycles. The maximum absolute atomic E-state index is 17.2. The number of nitrogens with one attached hydrogen (secondary N) is 3. The second-order valence-electron chi connectivity index (χ2n) is 21.2. The molecule has 5 amide bonds. The molecular formula is C56H56F2N10O7. The van der Waals surface area contributed by atoms with Crippen molar-refractivity contribution in [1.29, 1.82) is 0 Å². The Kier molecular flexibility index (Phi) is 12.4. The molecule has 7 aliphatic heterocycles. The summed E-state index contributed by atoms with van der Waals surface area (Å²) in [6.07, 6.45) is 13.8. The minimum absolute atomic E-state index is 0.0107. The molecule has 3 aromatic carbocycles. The van der Waals surface area contributed by atoms with E-state index in [0.717, 1.165) is 55.4 Å². The second-order valence-corrected chi connectivity index (χ2v) is 21.2. The van der Waals surface area contributed by atoms with Crippen LogP contribution in [-0.4, -0.2) is 142 Å². The van der Waals surface area contributed by atoms with Crippen LogP contribution in [-0.2, 0) is 14.3 Å². The number of ether oxygens (including phenoxy) is 2. The van der Waals surface area contributed by atoms with Gasteiger partial charge in [-0.1, -0.05) is 48.4 Å². The largest absolute Gasteiger partial charge is 0.461 e. The topological polar surface area (TPSA) is 192 Å². The van der Waals surface area contributed by atoms with Crippen LogP contribution in [0.25, 0.3) is 32.9 Å². The number of anilines is 2. The fourth-order valence-electron chi connectivity index (χ4n) is 12.9. The van der Waals surface area contributed by atoms with Gasteiger partial charge in [0.15, 0.2) is 5.82 Å². The lowest BCUT2D eigenvalue weighted by Crippen LogP contribution is -2.54. The Labute approximate surface area is 431 Å². The Bertz CT molecular complexity index is 3280. The number of rotatable bonds is 13. The number of hydrogen-bond donors (Lipinski definition) is 3. The number of benzene rings is 3. The summed E-state index contributed by atoms with van der Waals surface area (Å²) in [6.45, 7) is 8.38. The molecule has 0 spiro atoms. The van der Waals surface area contributed by atoms with Crippen LogP contribution in [0.15, 0.2) is 66.9 Å². The van der Waals surface area contributed by atoms with Gasteiger partial charge in [-0.25, -0.2) is 13.6 Å². The van der Waals surface area contributed by atoms with Gasteiger partial charge in [-0.05, 0) is 87.3 Å². The molecule has 19 heteroatoms. The number of piperidine rings is 1. The van der Waals surface area contributed by atoms with E-state index < -0.39 is 46.8 Å². The predicted octanol–water partition coefficient (Wildman–Crippen LogP) is 6.34. The molecule has 6 saturated heterocycles. The lowest BCUT2D eigenvalue weighted by molar-refractivity contribution is -0.136. The fourth-order valence-corrected chi connectivity index (χ4v) is 12.9. The van der Waals surface area contributed by atoms with Crippen molar-refractivity contribution in [3.05, 3.63) is 95.2 Å². The van der Waals surface area contributed by atoms with Crippen molar-refractivity contribution >= 4 is 62.9 Å². The van der Waals surface area contributed by atoms with Crippen molar-refractivity contribution in [3.8, 4) is 29.6 Å². The van der Waals surface area contributed by atoms with E-state index in [1.54, 1.807) is 53.6 Å². The molecular weight excluding hydrogens is 963 g/mol. The maximum atomic E-state index is 17.2.